The van der Waals surface area contributed by atoms with Gasteiger partial charge in [-0.15, -0.1) is 0 Å². The van der Waals surface area contributed by atoms with Gasteiger partial charge in [-0.2, -0.15) is 0 Å². The summed E-state index contributed by atoms with van der Waals surface area (Å²) in [5, 5.41) is 5.73. The predicted octanol–water partition coefficient (Wildman–Crippen LogP) is 3.14. The number of anilines is 1. The fourth-order valence-corrected chi connectivity index (χ4v) is 2.75. The molecule has 0 saturated heterocycles. The average molecular weight is 268 g/mol. The monoisotopic (exact) mass is 268 g/mol. The summed E-state index contributed by atoms with van der Waals surface area (Å²) in [5.41, 5.74) is 0. The molecule has 1 aliphatic carbocycles. The van der Waals surface area contributed by atoms with Crippen LogP contribution in [0.1, 0.15) is 12.8 Å². The highest BCUT2D eigenvalue weighted by Crippen LogP contribution is 2.36. The molecule has 0 fully saturated rings. The highest BCUT2D eigenvalue weighted by atomic mass is 16.6. The Morgan fingerprint density at radius 3 is 2.60 bits per heavy atom. The van der Waals surface area contributed by atoms with Crippen LogP contribution in [-0.2, 0) is 0 Å². The van der Waals surface area contributed by atoms with Crippen molar-refractivity contribution >= 4 is 16.6 Å². The maximum atomic E-state index is 5.66. The topological polar surface area (TPSA) is 43.4 Å². The molecule has 0 atom stereocenters. The second kappa shape index (κ2) is 4.71. The van der Waals surface area contributed by atoms with E-state index in [4.69, 9.17) is 9.47 Å². The Kier molecular flexibility index (Phi) is 2.73. The molecule has 1 aliphatic heterocycles. The Bertz CT molecular complexity index is 673. The summed E-state index contributed by atoms with van der Waals surface area (Å²) in [5.74, 6) is 2.56. The van der Waals surface area contributed by atoms with Crippen molar-refractivity contribution in [2.45, 2.75) is 18.9 Å². The predicted molar refractivity (Wildman–Crippen MR) is 78.5 cm³/mol. The molecule has 2 aromatic rings. The van der Waals surface area contributed by atoms with Gasteiger partial charge in [-0.25, -0.2) is 4.98 Å². The van der Waals surface area contributed by atoms with Gasteiger partial charge in [-0.3, -0.25) is 0 Å². The first-order chi connectivity index (χ1) is 9.90. The van der Waals surface area contributed by atoms with Gasteiger partial charge >= 0.3 is 0 Å². The van der Waals surface area contributed by atoms with Crippen molar-refractivity contribution in [2.75, 3.05) is 18.5 Å². The SMILES string of the molecule is C1=CCC(Nc2nccc3cc4c(cc23)OCCO4)C1. The number of aromatic nitrogens is 1. The number of fused-ring (bicyclic) bond motifs is 2. The maximum absolute atomic E-state index is 5.66. The summed E-state index contributed by atoms with van der Waals surface area (Å²) in [6.07, 6.45) is 8.37. The quantitative estimate of drug-likeness (QED) is 0.850. The van der Waals surface area contributed by atoms with Crippen LogP contribution in [0.3, 0.4) is 0 Å². The molecule has 0 bridgehead atoms. The van der Waals surface area contributed by atoms with Crippen molar-refractivity contribution in [2.24, 2.45) is 0 Å². The minimum Gasteiger partial charge on any atom is -0.486 e. The summed E-state index contributed by atoms with van der Waals surface area (Å²) < 4.78 is 11.3. The summed E-state index contributed by atoms with van der Waals surface area (Å²) in [7, 11) is 0. The lowest BCUT2D eigenvalue weighted by atomic mass is 10.1. The maximum Gasteiger partial charge on any atom is 0.162 e. The van der Waals surface area contributed by atoms with E-state index in [0.29, 0.717) is 19.3 Å². The third kappa shape index (κ3) is 1.97. The van der Waals surface area contributed by atoms with E-state index >= 15 is 0 Å². The van der Waals surface area contributed by atoms with E-state index in [1.165, 1.54) is 0 Å². The Morgan fingerprint density at radius 2 is 1.80 bits per heavy atom. The van der Waals surface area contributed by atoms with Gasteiger partial charge in [0.25, 0.3) is 0 Å². The number of rotatable bonds is 2. The molecular weight excluding hydrogens is 252 g/mol. The van der Waals surface area contributed by atoms with Crippen molar-refractivity contribution in [1.29, 1.82) is 0 Å². The smallest absolute Gasteiger partial charge is 0.162 e. The Morgan fingerprint density at radius 1 is 1.05 bits per heavy atom. The van der Waals surface area contributed by atoms with E-state index in [2.05, 4.69) is 22.5 Å². The Labute approximate surface area is 117 Å². The largest absolute Gasteiger partial charge is 0.486 e. The van der Waals surface area contributed by atoms with Gasteiger partial charge in [0.1, 0.15) is 19.0 Å². The first-order valence-electron chi connectivity index (χ1n) is 7.00. The van der Waals surface area contributed by atoms with E-state index < -0.39 is 0 Å². The summed E-state index contributed by atoms with van der Waals surface area (Å²) in [6.45, 7) is 1.22. The molecule has 2 heterocycles. The number of nitrogens with zero attached hydrogens (tertiary/aromatic N) is 1. The van der Waals surface area contributed by atoms with E-state index in [1.807, 2.05) is 24.4 Å². The van der Waals surface area contributed by atoms with E-state index in [-0.39, 0.29) is 0 Å². The molecule has 102 valence electrons. The van der Waals surface area contributed by atoms with Crippen LogP contribution in [0.5, 0.6) is 11.5 Å². The minimum atomic E-state index is 0.446. The van der Waals surface area contributed by atoms with Gasteiger partial charge in [0.15, 0.2) is 11.5 Å². The molecule has 4 nitrogen and oxygen atoms in total. The average Bonchev–Trinajstić information content (AvgIpc) is 2.99. The number of nitrogens with one attached hydrogen (secondary N) is 1. The van der Waals surface area contributed by atoms with Crippen molar-refractivity contribution in [3.63, 3.8) is 0 Å². The Balaban J connectivity index is 1.76. The summed E-state index contributed by atoms with van der Waals surface area (Å²) in [4.78, 5) is 4.48. The summed E-state index contributed by atoms with van der Waals surface area (Å²) in [6, 6.07) is 6.51. The summed E-state index contributed by atoms with van der Waals surface area (Å²) >= 11 is 0. The number of benzene rings is 1. The van der Waals surface area contributed by atoms with Crippen molar-refractivity contribution in [3.8, 4) is 11.5 Å². The molecule has 0 amide bonds. The number of hydrogen-bond acceptors (Lipinski definition) is 4. The highest BCUT2D eigenvalue weighted by Gasteiger charge is 2.16. The lowest BCUT2D eigenvalue weighted by Crippen LogP contribution is -2.17. The van der Waals surface area contributed by atoms with Crippen molar-refractivity contribution in [1.82, 2.24) is 4.98 Å². The number of hydrogen-bond donors (Lipinski definition) is 1. The normalized spacial score (nSPS) is 17.6. The first-order valence-corrected chi connectivity index (χ1v) is 7.00. The van der Waals surface area contributed by atoms with Crippen LogP contribution in [0.4, 0.5) is 5.82 Å². The van der Waals surface area contributed by atoms with Gasteiger partial charge in [-0.1, -0.05) is 12.2 Å². The first kappa shape index (κ1) is 11.6. The number of ether oxygens (including phenoxy) is 2. The molecule has 1 N–H and O–H groups in total. The lowest BCUT2D eigenvalue weighted by molar-refractivity contribution is 0.172. The molecule has 0 spiro atoms. The molecule has 0 unspecified atom stereocenters. The molecule has 2 aliphatic rings. The molecule has 4 rings (SSSR count). The lowest BCUT2D eigenvalue weighted by Gasteiger charge is -2.20. The fraction of sp³-hybridized carbons (Fsp3) is 0.312. The molecule has 1 aromatic carbocycles. The van der Waals surface area contributed by atoms with Crippen LogP contribution >= 0.6 is 0 Å². The molecular formula is C16H16N2O2. The van der Waals surface area contributed by atoms with Gasteiger partial charge in [0.2, 0.25) is 0 Å². The van der Waals surface area contributed by atoms with Crippen molar-refractivity contribution in [3.05, 3.63) is 36.5 Å². The minimum absolute atomic E-state index is 0.446. The van der Waals surface area contributed by atoms with Crippen LogP contribution in [0.2, 0.25) is 0 Å². The van der Waals surface area contributed by atoms with Crippen LogP contribution in [0, 0.1) is 0 Å². The van der Waals surface area contributed by atoms with Crippen molar-refractivity contribution < 1.29 is 9.47 Å². The van der Waals surface area contributed by atoms with Crippen LogP contribution < -0.4 is 14.8 Å². The third-order valence-electron chi connectivity index (χ3n) is 3.78. The zero-order chi connectivity index (χ0) is 13.4. The molecule has 20 heavy (non-hydrogen) atoms. The van der Waals surface area contributed by atoms with Crippen LogP contribution in [0.15, 0.2) is 36.5 Å². The fourth-order valence-electron chi connectivity index (χ4n) is 2.75. The molecule has 0 saturated carbocycles. The standard InChI is InChI=1S/C16H16N2O2/c1-2-4-12(3-1)18-16-13-10-15-14(19-7-8-20-15)9-11(13)5-6-17-16/h1-2,5-6,9-10,12H,3-4,7-8H2,(H,17,18). The Hall–Kier alpha value is -2.23. The molecule has 1 aromatic heterocycles. The molecule has 0 radical (unpaired) electrons. The van der Waals surface area contributed by atoms with E-state index in [0.717, 1.165) is 40.9 Å². The highest BCUT2D eigenvalue weighted by molar-refractivity contribution is 5.94. The van der Waals surface area contributed by atoms with Gasteiger partial charge < -0.3 is 14.8 Å². The molecule has 4 heteroatoms. The zero-order valence-electron chi connectivity index (χ0n) is 11.1. The van der Waals surface area contributed by atoms with Gasteiger partial charge in [0, 0.05) is 17.6 Å². The third-order valence-corrected chi connectivity index (χ3v) is 3.78. The zero-order valence-corrected chi connectivity index (χ0v) is 11.1. The second-order valence-electron chi connectivity index (χ2n) is 5.16. The van der Waals surface area contributed by atoms with Crippen LogP contribution in [0.25, 0.3) is 10.8 Å². The van der Waals surface area contributed by atoms with E-state index in [9.17, 15) is 0 Å². The van der Waals surface area contributed by atoms with E-state index in [1.54, 1.807) is 0 Å². The van der Waals surface area contributed by atoms with Gasteiger partial charge in [-0.05, 0) is 36.4 Å². The van der Waals surface area contributed by atoms with Gasteiger partial charge in [0.05, 0.1) is 0 Å². The number of pyridine rings is 1. The second-order valence-corrected chi connectivity index (χ2v) is 5.16. The van der Waals surface area contributed by atoms with Crippen LogP contribution in [-0.4, -0.2) is 24.2 Å².